The molecule has 1 atom stereocenters. The van der Waals surface area contributed by atoms with Crippen LogP contribution in [0, 0.1) is 11.3 Å². The summed E-state index contributed by atoms with van der Waals surface area (Å²) in [6.45, 7) is 5.43. The first-order valence-electron chi connectivity index (χ1n) is 7.11. The molecule has 1 aromatic rings. The molecule has 0 aromatic carbocycles. The molecule has 2 fully saturated rings. The van der Waals surface area contributed by atoms with Gasteiger partial charge in [-0.1, -0.05) is 0 Å². The Bertz CT molecular complexity index is 540. The van der Waals surface area contributed by atoms with Gasteiger partial charge in [0.1, 0.15) is 6.07 Å². The van der Waals surface area contributed by atoms with E-state index >= 15 is 0 Å². The van der Waals surface area contributed by atoms with Crippen molar-refractivity contribution in [1.29, 1.82) is 5.26 Å². The first-order valence-corrected chi connectivity index (χ1v) is 7.11. The van der Waals surface area contributed by atoms with Crippen molar-refractivity contribution in [2.75, 3.05) is 26.2 Å². The molecular weight excluding hydrogens is 254 g/mol. The molecule has 0 saturated carbocycles. The first kappa shape index (κ1) is 13.1. The lowest BCUT2D eigenvalue weighted by molar-refractivity contribution is -0.130. The summed E-state index contributed by atoms with van der Waals surface area (Å²) in [7, 11) is 0. The largest absolute Gasteiger partial charge is 0.339 e. The molecule has 0 spiro atoms. The van der Waals surface area contributed by atoms with Gasteiger partial charge in [-0.15, -0.1) is 0 Å². The smallest absolute Gasteiger partial charge is 0.219 e. The van der Waals surface area contributed by atoms with Crippen LogP contribution >= 0.6 is 0 Å². The van der Waals surface area contributed by atoms with Crippen LogP contribution < -0.4 is 0 Å². The number of aromatic nitrogens is 2. The average molecular weight is 273 g/mol. The number of nitriles is 1. The average Bonchev–Trinajstić information content (AvgIpc) is 3.01. The number of amides is 1. The number of carbonyl (C=O) groups is 1. The second-order valence-corrected chi connectivity index (χ2v) is 5.70. The van der Waals surface area contributed by atoms with E-state index in [2.05, 4.69) is 16.1 Å². The van der Waals surface area contributed by atoms with Gasteiger partial charge in [-0.3, -0.25) is 14.4 Å². The Hall–Kier alpha value is -1.87. The summed E-state index contributed by atoms with van der Waals surface area (Å²) in [6, 6.07) is 2.84. The van der Waals surface area contributed by atoms with Gasteiger partial charge >= 0.3 is 0 Å². The van der Waals surface area contributed by atoms with E-state index in [1.165, 1.54) is 0 Å². The van der Waals surface area contributed by atoms with Gasteiger partial charge in [-0.25, -0.2) is 0 Å². The summed E-state index contributed by atoms with van der Waals surface area (Å²) < 4.78 is 1.88. The fourth-order valence-electron chi connectivity index (χ4n) is 3.19. The van der Waals surface area contributed by atoms with Gasteiger partial charge in [0.2, 0.25) is 5.91 Å². The number of nitrogens with zero attached hydrogens (tertiary/aromatic N) is 5. The molecule has 2 aliphatic heterocycles. The fourth-order valence-corrected chi connectivity index (χ4v) is 3.19. The third-order valence-corrected chi connectivity index (χ3v) is 4.29. The maximum Gasteiger partial charge on any atom is 0.219 e. The first-order chi connectivity index (χ1) is 9.67. The molecule has 0 aliphatic carbocycles. The molecule has 0 N–H and O–H groups in total. The van der Waals surface area contributed by atoms with Crippen LogP contribution in [0.5, 0.6) is 0 Å². The van der Waals surface area contributed by atoms with Crippen LogP contribution in [0.3, 0.4) is 0 Å². The van der Waals surface area contributed by atoms with E-state index in [1.54, 1.807) is 19.3 Å². The number of likely N-dealkylation sites (tertiary alicyclic amines) is 2. The molecule has 0 bridgehead atoms. The Morgan fingerprint density at radius 3 is 3.00 bits per heavy atom. The zero-order valence-electron chi connectivity index (χ0n) is 11.7. The van der Waals surface area contributed by atoms with Crippen LogP contribution in [0.4, 0.5) is 0 Å². The van der Waals surface area contributed by atoms with Crippen LogP contribution in [-0.2, 0) is 4.79 Å². The monoisotopic (exact) mass is 273 g/mol. The minimum Gasteiger partial charge on any atom is -0.339 e. The Morgan fingerprint density at radius 1 is 1.55 bits per heavy atom. The SMILES string of the molecule is CC(=O)N1CCCC1CN1CC(n2cc(C#N)cn2)C1. The van der Waals surface area contributed by atoms with E-state index in [1.807, 2.05) is 9.58 Å². The quantitative estimate of drug-likeness (QED) is 0.810. The lowest BCUT2D eigenvalue weighted by Crippen LogP contribution is -2.53. The maximum atomic E-state index is 11.5. The van der Waals surface area contributed by atoms with Crippen molar-refractivity contribution in [2.24, 2.45) is 0 Å². The summed E-state index contributed by atoms with van der Waals surface area (Å²) >= 11 is 0. The van der Waals surface area contributed by atoms with Crippen molar-refractivity contribution in [3.05, 3.63) is 18.0 Å². The van der Waals surface area contributed by atoms with Crippen LogP contribution in [0.2, 0.25) is 0 Å². The van der Waals surface area contributed by atoms with Crippen LogP contribution in [0.1, 0.15) is 31.4 Å². The van der Waals surface area contributed by atoms with Crippen molar-refractivity contribution in [2.45, 2.75) is 31.8 Å². The van der Waals surface area contributed by atoms with E-state index in [9.17, 15) is 4.79 Å². The molecule has 6 nitrogen and oxygen atoms in total. The van der Waals surface area contributed by atoms with Gasteiger partial charge in [0.15, 0.2) is 0 Å². The van der Waals surface area contributed by atoms with E-state index in [4.69, 9.17) is 5.26 Å². The highest BCUT2D eigenvalue weighted by Gasteiger charge is 2.34. The third kappa shape index (κ3) is 2.41. The van der Waals surface area contributed by atoms with E-state index in [-0.39, 0.29) is 5.91 Å². The Balaban J connectivity index is 1.51. The zero-order chi connectivity index (χ0) is 14.1. The number of carbonyl (C=O) groups excluding carboxylic acids is 1. The molecule has 2 saturated heterocycles. The van der Waals surface area contributed by atoms with Crippen LogP contribution in [-0.4, -0.2) is 57.7 Å². The topological polar surface area (TPSA) is 65.2 Å². The third-order valence-electron chi connectivity index (χ3n) is 4.29. The minimum absolute atomic E-state index is 0.190. The lowest BCUT2D eigenvalue weighted by Gasteiger charge is -2.41. The van der Waals surface area contributed by atoms with Crippen LogP contribution in [0.15, 0.2) is 12.4 Å². The highest BCUT2D eigenvalue weighted by atomic mass is 16.2. The zero-order valence-corrected chi connectivity index (χ0v) is 11.7. The standard InChI is InChI=1S/C14H19N5O/c1-11(20)18-4-2-3-13(18)8-17-9-14(10-17)19-7-12(5-15)6-16-19/h6-7,13-14H,2-4,8-10H2,1H3. The molecule has 2 aliphatic rings. The number of hydrogen-bond acceptors (Lipinski definition) is 4. The molecule has 1 aromatic heterocycles. The minimum atomic E-state index is 0.190. The molecule has 1 amide bonds. The van der Waals surface area contributed by atoms with Crippen molar-refractivity contribution >= 4 is 5.91 Å². The molecule has 3 rings (SSSR count). The van der Waals surface area contributed by atoms with Gasteiger partial charge < -0.3 is 4.90 Å². The summed E-state index contributed by atoms with van der Waals surface area (Å²) in [5.41, 5.74) is 0.613. The molecule has 6 heteroatoms. The van der Waals surface area contributed by atoms with Gasteiger partial charge in [0.05, 0.1) is 17.8 Å². The second kappa shape index (κ2) is 5.25. The Labute approximate surface area is 118 Å². The second-order valence-electron chi connectivity index (χ2n) is 5.70. The number of rotatable bonds is 3. The van der Waals surface area contributed by atoms with Crippen molar-refractivity contribution in [1.82, 2.24) is 19.6 Å². The van der Waals surface area contributed by atoms with Gasteiger partial charge in [-0.05, 0) is 12.8 Å². The van der Waals surface area contributed by atoms with E-state index in [0.717, 1.165) is 39.0 Å². The predicted octanol–water partition coefficient (Wildman–Crippen LogP) is 0.622. The lowest BCUT2D eigenvalue weighted by atomic mass is 10.1. The highest BCUT2D eigenvalue weighted by Crippen LogP contribution is 2.25. The predicted molar refractivity (Wildman–Crippen MR) is 72.8 cm³/mol. The van der Waals surface area contributed by atoms with Crippen molar-refractivity contribution in [3.8, 4) is 6.07 Å². The van der Waals surface area contributed by atoms with Crippen molar-refractivity contribution < 1.29 is 4.79 Å². The molecular formula is C14H19N5O. The summed E-state index contributed by atoms with van der Waals surface area (Å²) in [6.07, 6.45) is 5.64. The summed E-state index contributed by atoms with van der Waals surface area (Å²) in [5, 5.41) is 13.0. The molecule has 1 unspecified atom stereocenters. The maximum absolute atomic E-state index is 11.5. The molecule has 106 valence electrons. The van der Waals surface area contributed by atoms with Crippen molar-refractivity contribution in [3.63, 3.8) is 0 Å². The summed E-state index contributed by atoms with van der Waals surface area (Å²) in [4.78, 5) is 15.9. The van der Waals surface area contributed by atoms with Gasteiger partial charge in [-0.2, -0.15) is 10.4 Å². The van der Waals surface area contributed by atoms with Gasteiger partial charge in [0.25, 0.3) is 0 Å². The summed E-state index contributed by atoms with van der Waals surface area (Å²) in [5.74, 6) is 0.190. The highest BCUT2D eigenvalue weighted by molar-refractivity contribution is 5.73. The molecule has 3 heterocycles. The Morgan fingerprint density at radius 2 is 2.35 bits per heavy atom. The molecule has 0 radical (unpaired) electrons. The van der Waals surface area contributed by atoms with Gasteiger partial charge in [0, 0.05) is 45.3 Å². The van der Waals surface area contributed by atoms with Crippen LogP contribution in [0.25, 0.3) is 0 Å². The normalized spacial score (nSPS) is 23.6. The van der Waals surface area contributed by atoms with E-state index in [0.29, 0.717) is 17.6 Å². The fraction of sp³-hybridized carbons (Fsp3) is 0.643. The number of hydrogen-bond donors (Lipinski definition) is 0. The molecule has 20 heavy (non-hydrogen) atoms. The Kier molecular flexibility index (Phi) is 3.45. The van der Waals surface area contributed by atoms with E-state index < -0.39 is 0 Å².